The molecule has 0 amide bonds. The number of rotatable bonds is 6. The van der Waals surface area contributed by atoms with Crippen molar-refractivity contribution in [3.05, 3.63) is 53.1 Å². The predicted molar refractivity (Wildman–Crippen MR) is 86.8 cm³/mol. The van der Waals surface area contributed by atoms with Gasteiger partial charge in [0.05, 0.1) is 24.9 Å². The first-order valence-corrected chi connectivity index (χ1v) is 8.70. The molecule has 0 radical (unpaired) electrons. The van der Waals surface area contributed by atoms with Gasteiger partial charge in [-0.2, -0.15) is 0 Å². The standard InChI is InChI=1S/C16H17ClO4S/c1-20-15-9-8-14(17)13(16(15)21-2)10-11-22(18,19)12-6-4-3-5-7-12/h3-9H,10-11H2,1-2H3. The van der Waals surface area contributed by atoms with E-state index in [4.69, 9.17) is 21.1 Å². The van der Waals surface area contributed by atoms with Gasteiger partial charge in [0.2, 0.25) is 0 Å². The van der Waals surface area contributed by atoms with Crippen molar-refractivity contribution in [2.24, 2.45) is 0 Å². The molecule has 2 aromatic carbocycles. The molecule has 2 rings (SSSR count). The molecule has 0 fully saturated rings. The van der Waals surface area contributed by atoms with E-state index in [1.807, 2.05) is 0 Å². The molecule has 22 heavy (non-hydrogen) atoms. The summed E-state index contributed by atoms with van der Waals surface area (Å²) in [4.78, 5) is 0.299. The van der Waals surface area contributed by atoms with Crippen molar-refractivity contribution in [3.63, 3.8) is 0 Å². The molecule has 0 heterocycles. The largest absolute Gasteiger partial charge is 0.493 e. The van der Waals surface area contributed by atoms with Crippen molar-refractivity contribution in [2.75, 3.05) is 20.0 Å². The van der Waals surface area contributed by atoms with Gasteiger partial charge in [0.15, 0.2) is 21.3 Å². The van der Waals surface area contributed by atoms with Gasteiger partial charge >= 0.3 is 0 Å². The van der Waals surface area contributed by atoms with Gasteiger partial charge in [-0.3, -0.25) is 0 Å². The Kier molecular flexibility index (Phi) is 5.32. The smallest absolute Gasteiger partial charge is 0.178 e. The molecule has 4 nitrogen and oxygen atoms in total. The Labute approximate surface area is 135 Å². The van der Waals surface area contributed by atoms with Crippen LogP contribution in [-0.4, -0.2) is 28.4 Å². The van der Waals surface area contributed by atoms with Gasteiger partial charge in [0.25, 0.3) is 0 Å². The quantitative estimate of drug-likeness (QED) is 0.809. The minimum Gasteiger partial charge on any atom is -0.493 e. The minimum atomic E-state index is -3.37. The predicted octanol–water partition coefficient (Wildman–Crippen LogP) is 3.37. The number of methoxy groups -OCH3 is 2. The second kappa shape index (κ2) is 7.03. The molecule has 0 aliphatic carbocycles. The third-order valence-corrected chi connectivity index (χ3v) is 5.40. The molecular formula is C16H17ClO4S. The number of halogens is 1. The molecule has 0 bridgehead atoms. The van der Waals surface area contributed by atoms with Crippen molar-refractivity contribution < 1.29 is 17.9 Å². The van der Waals surface area contributed by atoms with Gasteiger partial charge in [-0.15, -0.1) is 0 Å². The zero-order valence-corrected chi connectivity index (χ0v) is 13.9. The minimum absolute atomic E-state index is 0.0553. The lowest BCUT2D eigenvalue weighted by molar-refractivity contribution is 0.352. The van der Waals surface area contributed by atoms with E-state index in [1.165, 1.54) is 14.2 Å². The van der Waals surface area contributed by atoms with Crippen molar-refractivity contribution >= 4 is 21.4 Å². The number of benzene rings is 2. The summed E-state index contributed by atoms with van der Waals surface area (Å²) in [6, 6.07) is 11.7. The fourth-order valence-corrected chi connectivity index (χ4v) is 3.71. The van der Waals surface area contributed by atoms with Gasteiger partial charge in [-0.05, 0) is 30.7 Å². The van der Waals surface area contributed by atoms with Crippen LogP contribution >= 0.6 is 11.6 Å². The highest BCUT2D eigenvalue weighted by Crippen LogP contribution is 2.36. The SMILES string of the molecule is COc1ccc(Cl)c(CCS(=O)(=O)c2ccccc2)c1OC. The summed E-state index contributed by atoms with van der Waals surface area (Å²) in [6.07, 6.45) is 0.246. The lowest BCUT2D eigenvalue weighted by atomic mass is 10.1. The molecule has 118 valence electrons. The van der Waals surface area contributed by atoms with Gasteiger partial charge < -0.3 is 9.47 Å². The number of hydrogen-bond acceptors (Lipinski definition) is 4. The molecule has 0 spiro atoms. The van der Waals surface area contributed by atoms with Gasteiger partial charge in [-0.25, -0.2) is 8.42 Å². The maximum atomic E-state index is 12.4. The Morgan fingerprint density at radius 3 is 2.27 bits per heavy atom. The van der Waals surface area contributed by atoms with Crippen LogP contribution in [0.3, 0.4) is 0 Å². The highest BCUT2D eigenvalue weighted by atomic mass is 35.5. The molecule has 0 aliphatic rings. The molecule has 0 saturated carbocycles. The van der Waals surface area contributed by atoms with Gasteiger partial charge in [-0.1, -0.05) is 29.8 Å². The zero-order valence-electron chi connectivity index (χ0n) is 12.4. The average molecular weight is 341 g/mol. The van der Waals surface area contributed by atoms with E-state index in [-0.39, 0.29) is 12.2 Å². The molecule has 0 saturated heterocycles. The van der Waals surface area contributed by atoms with E-state index in [0.29, 0.717) is 27.0 Å². The van der Waals surface area contributed by atoms with E-state index in [2.05, 4.69) is 0 Å². The monoisotopic (exact) mass is 340 g/mol. The lowest BCUT2D eigenvalue weighted by Crippen LogP contribution is -2.10. The summed E-state index contributed by atoms with van der Waals surface area (Å²) in [5.41, 5.74) is 0.628. The Morgan fingerprint density at radius 2 is 1.68 bits per heavy atom. The average Bonchev–Trinajstić information content (AvgIpc) is 2.54. The van der Waals surface area contributed by atoms with Crippen molar-refractivity contribution in [1.29, 1.82) is 0 Å². The molecule has 0 N–H and O–H groups in total. The van der Waals surface area contributed by atoms with Crippen molar-refractivity contribution in [2.45, 2.75) is 11.3 Å². The molecule has 0 aromatic heterocycles. The third kappa shape index (κ3) is 3.54. The van der Waals surface area contributed by atoms with Crippen LogP contribution in [0.25, 0.3) is 0 Å². The second-order valence-corrected chi connectivity index (χ2v) is 7.16. The fourth-order valence-electron chi connectivity index (χ4n) is 2.18. The summed E-state index contributed by atoms with van der Waals surface area (Å²) in [7, 11) is -0.347. The van der Waals surface area contributed by atoms with Crippen LogP contribution in [0, 0.1) is 0 Å². The van der Waals surface area contributed by atoms with Crippen molar-refractivity contribution in [3.8, 4) is 11.5 Å². The van der Waals surface area contributed by atoms with Gasteiger partial charge in [0.1, 0.15) is 0 Å². The van der Waals surface area contributed by atoms with Crippen molar-refractivity contribution in [1.82, 2.24) is 0 Å². The number of sulfone groups is 1. The van der Waals surface area contributed by atoms with Crippen LogP contribution in [-0.2, 0) is 16.3 Å². The fraction of sp³-hybridized carbons (Fsp3) is 0.250. The molecule has 6 heteroatoms. The number of hydrogen-bond donors (Lipinski definition) is 0. The highest BCUT2D eigenvalue weighted by Gasteiger charge is 2.19. The highest BCUT2D eigenvalue weighted by molar-refractivity contribution is 7.91. The third-order valence-electron chi connectivity index (χ3n) is 3.31. The normalized spacial score (nSPS) is 11.2. The molecule has 2 aromatic rings. The lowest BCUT2D eigenvalue weighted by Gasteiger charge is -2.14. The zero-order chi connectivity index (χ0) is 16.2. The van der Waals surface area contributed by atoms with Crippen LogP contribution in [0.1, 0.15) is 5.56 Å². The van der Waals surface area contributed by atoms with E-state index in [1.54, 1.807) is 42.5 Å². The summed E-state index contributed by atoms with van der Waals surface area (Å²) in [6.45, 7) is 0. The molecule has 0 aliphatic heterocycles. The Balaban J connectivity index is 2.29. The maximum Gasteiger partial charge on any atom is 0.178 e. The first kappa shape index (κ1) is 16.6. The summed E-state index contributed by atoms with van der Waals surface area (Å²) < 4.78 is 35.2. The van der Waals surface area contributed by atoms with Crippen LogP contribution < -0.4 is 9.47 Å². The van der Waals surface area contributed by atoms with Crippen LogP contribution in [0.2, 0.25) is 5.02 Å². The van der Waals surface area contributed by atoms with Crippen LogP contribution in [0.15, 0.2) is 47.4 Å². The number of ether oxygens (including phenoxy) is 2. The van der Waals surface area contributed by atoms with E-state index < -0.39 is 9.84 Å². The Bertz CT molecular complexity index is 742. The van der Waals surface area contributed by atoms with E-state index in [9.17, 15) is 8.42 Å². The summed E-state index contributed by atoms with van der Waals surface area (Å²) >= 11 is 6.18. The first-order chi connectivity index (χ1) is 10.5. The van der Waals surface area contributed by atoms with E-state index in [0.717, 1.165) is 0 Å². The summed E-state index contributed by atoms with van der Waals surface area (Å²) in [5, 5.41) is 0.459. The second-order valence-electron chi connectivity index (χ2n) is 4.64. The first-order valence-electron chi connectivity index (χ1n) is 6.66. The summed E-state index contributed by atoms with van der Waals surface area (Å²) in [5.74, 6) is 0.942. The Morgan fingerprint density at radius 1 is 1.00 bits per heavy atom. The van der Waals surface area contributed by atoms with E-state index >= 15 is 0 Å². The van der Waals surface area contributed by atoms with Gasteiger partial charge in [0, 0.05) is 10.6 Å². The topological polar surface area (TPSA) is 52.6 Å². The molecule has 0 unspecified atom stereocenters. The van der Waals surface area contributed by atoms with Crippen LogP contribution in [0.5, 0.6) is 11.5 Å². The Hall–Kier alpha value is -1.72. The molecule has 0 atom stereocenters. The maximum absolute atomic E-state index is 12.4. The van der Waals surface area contributed by atoms with Crippen LogP contribution in [0.4, 0.5) is 0 Å². The molecular weight excluding hydrogens is 324 g/mol.